The van der Waals surface area contributed by atoms with Crippen molar-refractivity contribution in [2.45, 2.75) is 51.4 Å². The van der Waals surface area contributed by atoms with Gasteiger partial charge in [0.15, 0.2) is 0 Å². The normalized spacial score (nSPS) is 26.4. The Morgan fingerprint density at radius 3 is 2.67 bits per heavy atom. The van der Waals surface area contributed by atoms with E-state index in [0.717, 1.165) is 24.8 Å². The van der Waals surface area contributed by atoms with Crippen LogP contribution in [0.1, 0.15) is 56.9 Å². The van der Waals surface area contributed by atoms with Crippen LogP contribution in [0.25, 0.3) is 0 Å². The molecule has 1 aromatic rings. The van der Waals surface area contributed by atoms with Gasteiger partial charge in [-0.15, -0.1) is 0 Å². The molecule has 0 bridgehead atoms. The summed E-state index contributed by atoms with van der Waals surface area (Å²) in [4.78, 5) is 0. The molecule has 0 radical (unpaired) electrons. The van der Waals surface area contributed by atoms with Gasteiger partial charge in [0.2, 0.25) is 0 Å². The van der Waals surface area contributed by atoms with E-state index in [1.54, 1.807) is 17.7 Å². The van der Waals surface area contributed by atoms with Crippen LogP contribution in [0, 0.1) is 5.92 Å². The van der Waals surface area contributed by atoms with Crippen LogP contribution in [0.15, 0.2) is 41.5 Å². The van der Waals surface area contributed by atoms with Crippen molar-refractivity contribution < 1.29 is 10.2 Å². The highest BCUT2D eigenvalue weighted by atomic mass is 16.3. The Labute approximate surface area is 126 Å². The average molecular weight is 284 g/mol. The summed E-state index contributed by atoms with van der Waals surface area (Å²) in [6.07, 6.45) is 7.08. The molecule has 0 aromatic heterocycles. The van der Waals surface area contributed by atoms with Gasteiger partial charge in [-0.3, -0.25) is 0 Å². The van der Waals surface area contributed by atoms with Crippen molar-refractivity contribution in [3.8, 4) is 11.5 Å². The third-order valence-corrected chi connectivity index (χ3v) is 5.18. The van der Waals surface area contributed by atoms with Crippen LogP contribution in [-0.2, 0) is 0 Å². The van der Waals surface area contributed by atoms with Gasteiger partial charge in [0, 0.05) is 11.5 Å². The number of hydrogen-bond donors (Lipinski definition) is 2. The molecule has 0 aliphatic heterocycles. The topological polar surface area (TPSA) is 40.5 Å². The van der Waals surface area contributed by atoms with Crippen molar-refractivity contribution in [1.29, 1.82) is 0 Å². The first-order chi connectivity index (χ1) is 10.1. The lowest BCUT2D eigenvalue weighted by molar-refractivity contribution is 0.450. The van der Waals surface area contributed by atoms with Crippen LogP contribution >= 0.6 is 0 Å². The van der Waals surface area contributed by atoms with Crippen LogP contribution in [-0.4, -0.2) is 10.2 Å². The van der Waals surface area contributed by atoms with Gasteiger partial charge in [0.25, 0.3) is 0 Å². The molecule has 21 heavy (non-hydrogen) atoms. The van der Waals surface area contributed by atoms with Gasteiger partial charge in [0.05, 0.1) is 0 Å². The predicted molar refractivity (Wildman–Crippen MR) is 85.5 cm³/mol. The minimum Gasteiger partial charge on any atom is -0.508 e. The van der Waals surface area contributed by atoms with E-state index < -0.39 is 0 Å². The summed E-state index contributed by atoms with van der Waals surface area (Å²) >= 11 is 0. The molecule has 0 saturated heterocycles. The Morgan fingerprint density at radius 2 is 1.86 bits per heavy atom. The molecule has 2 aliphatic carbocycles. The first kappa shape index (κ1) is 14.2. The number of rotatable bonds is 1. The lowest BCUT2D eigenvalue weighted by atomic mass is 9.76. The summed E-state index contributed by atoms with van der Waals surface area (Å²) in [6, 6.07) is 4.84. The highest BCUT2D eigenvalue weighted by Crippen LogP contribution is 2.49. The number of aromatic hydroxyl groups is 2. The number of hydrogen-bond acceptors (Lipinski definition) is 2. The first-order valence-electron chi connectivity index (χ1n) is 7.99. The van der Waals surface area contributed by atoms with Crippen LogP contribution in [0.4, 0.5) is 0 Å². The molecular weight excluding hydrogens is 260 g/mol. The van der Waals surface area contributed by atoms with E-state index in [1.165, 1.54) is 36.5 Å². The van der Waals surface area contributed by atoms with E-state index in [0.29, 0.717) is 5.92 Å². The fourth-order valence-corrected chi connectivity index (χ4v) is 3.87. The van der Waals surface area contributed by atoms with Crippen molar-refractivity contribution in [3.05, 3.63) is 47.1 Å². The Kier molecular flexibility index (Phi) is 3.79. The summed E-state index contributed by atoms with van der Waals surface area (Å²) in [5.74, 6) is 1.00. The van der Waals surface area contributed by atoms with Crippen molar-refractivity contribution in [2.75, 3.05) is 0 Å². The molecule has 0 saturated carbocycles. The van der Waals surface area contributed by atoms with Crippen LogP contribution in [0.2, 0.25) is 0 Å². The minimum absolute atomic E-state index is 0.0740. The fourth-order valence-electron chi connectivity index (χ4n) is 3.87. The lowest BCUT2D eigenvalue weighted by Crippen LogP contribution is -2.12. The molecule has 3 rings (SSSR count). The molecule has 2 N–H and O–H groups in total. The maximum atomic E-state index is 10.3. The summed E-state index contributed by atoms with van der Waals surface area (Å²) < 4.78 is 0. The maximum Gasteiger partial charge on any atom is 0.119 e. The highest BCUT2D eigenvalue weighted by Gasteiger charge is 2.31. The van der Waals surface area contributed by atoms with Gasteiger partial charge in [-0.1, -0.05) is 30.2 Å². The Morgan fingerprint density at radius 1 is 1.10 bits per heavy atom. The summed E-state index contributed by atoms with van der Waals surface area (Å²) in [5, 5.41) is 20.1. The third kappa shape index (κ3) is 2.59. The monoisotopic (exact) mass is 284 g/mol. The Balaban J connectivity index is 2.14. The largest absolute Gasteiger partial charge is 0.508 e. The second-order valence-corrected chi connectivity index (χ2v) is 6.53. The number of benzene rings is 1. The average Bonchev–Trinajstić information content (AvgIpc) is 2.60. The van der Waals surface area contributed by atoms with Crippen LogP contribution in [0.5, 0.6) is 11.5 Å². The molecule has 112 valence electrons. The standard InChI is InChI=1S/C19H24O2/c1-12-7-8-14-5-3-4-6-16(14)19(13(12)2)17-11-15(20)9-10-18(17)21/h9-12,19-21H,2-8H2,1H3/t12-,19-/m0/s1. The molecule has 1 aromatic carbocycles. The quantitative estimate of drug-likeness (QED) is 0.560. The number of phenolic OH excluding ortho intramolecular Hbond substituents is 2. The summed E-state index contributed by atoms with van der Waals surface area (Å²) in [7, 11) is 0. The molecule has 0 spiro atoms. The summed E-state index contributed by atoms with van der Waals surface area (Å²) in [6.45, 7) is 6.58. The molecule has 2 aliphatic rings. The maximum absolute atomic E-state index is 10.3. The second-order valence-electron chi connectivity index (χ2n) is 6.53. The first-order valence-corrected chi connectivity index (χ1v) is 7.99. The van der Waals surface area contributed by atoms with E-state index >= 15 is 0 Å². The fraction of sp³-hybridized carbons (Fsp3) is 0.474. The zero-order valence-corrected chi connectivity index (χ0v) is 12.7. The predicted octanol–water partition coefficient (Wildman–Crippen LogP) is 5.04. The third-order valence-electron chi connectivity index (χ3n) is 5.18. The SMILES string of the molecule is C=C1[C@H](c2cc(O)ccc2O)C2=C(CCCC2)CC[C@@H]1C. The molecule has 0 unspecified atom stereocenters. The van der Waals surface area contributed by atoms with Crippen molar-refractivity contribution in [1.82, 2.24) is 0 Å². The summed E-state index contributed by atoms with van der Waals surface area (Å²) in [5.41, 5.74) is 5.03. The van der Waals surface area contributed by atoms with Gasteiger partial charge in [-0.2, -0.15) is 0 Å². The van der Waals surface area contributed by atoms with Crippen molar-refractivity contribution >= 4 is 0 Å². The number of phenols is 2. The Bertz CT molecular complexity index is 598. The van der Waals surface area contributed by atoms with Crippen molar-refractivity contribution in [3.63, 3.8) is 0 Å². The molecule has 2 nitrogen and oxygen atoms in total. The van der Waals surface area contributed by atoms with Gasteiger partial charge >= 0.3 is 0 Å². The Hall–Kier alpha value is -1.70. The van der Waals surface area contributed by atoms with E-state index in [2.05, 4.69) is 13.5 Å². The smallest absolute Gasteiger partial charge is 0.119 e. The second kappa shape index (κ2) is 5.59. The zero-order valence-electron chi connectivity index (χ0n) is 12.7. The lowest BCUT2D eigenvalue weighted by Gasteiger charge is -2.29. The van der Waals surface area contributed by atoms with E-state index in [1.807, 2.05) is 0 Å². The van der Waals surface area contributed by atoms with Gasteiger partial charge in [-0.05, 0) is 62.6 Å². The molecule has 0 amide bonds. The minimum atomic E-state index is 0.0740. The molecule has 2 heteroatoms. The molecule has 0 fully saturated rings. The molecular formula is C19H24O2. The van der Waals surface area contributed by atoms with E-state index in [4.69, 9.17) is 0 Å². The molecule has 2 atom stereocenters. The van der Waals surface area contributed by atoms with Crippen LogP contribution in [0.3, 0.4) is 0 Å². The van der Waals surface area contributed by atoms with Crippen molar-refractivity contribution in [2.24, 2.45) is 5.92 Å². The number of allylic oxidation sites excluding steroid dienone is 3. The highest BCUT2D eigenvalue weighted by molar-refractivity contribution is 5.50. The van der Waals surface area contributed by atoms with Crippen LogP contribution < -0.4 is 0 Å². The van der Waals surface area contributed by atoms with Gasteiger partial charge < -0.3 is 10.2 Å². The molecule has 0 heterocycles. The van der Waals surface area contributed by atoms with E-state index in [-0.39, 0.29) is 17.4 Å². The van der Waals surface area contributed by atoms with Gasteiger partial charge in [0.1, 0.15) is 11.5 Å². The van der Waals surface area contributed by atoms with E-state index in [9.17, 15) is 10.2 Å². The zero-order chi connectivity index (χ0) is 15.0. The van der Waals surface area contributed by atoms with Gasteiger partial charge in [-0.25, -0.2) is 0 Å².